The molecule has 1 aromatic heterocycles. The second-order valence-corrected chi connectivity index (χ2v) is 11.6. The highest BCUT2D eigenvalue weighted by Gasteiger charge is 2.33. The molecule has 0 radical (unpaired) electrons. The van der Waals surface area contributed by atoms with Gasteiger partial charge in [-0.15, -0.1) is 11.3 Å². The molecule has 33 heavy (non-hydrogen) atoms. The molecule has 1 heterocycles. The maximum atomic E-state index is 11.6. The number of carbonyl (C=O) groups is 1. The number of rotatable bonds is 14. The van der Waals surface area contributed by atoms with Crippen LogP contribution in [0, 0.1) is 36.0 Å². The Hall–Kier alpha value is -1.46. The minimum absolute atomic E-state index is 0.0421. The van der Waals surface area contributed by atoms with E-state index in [-0.39, 0.29) is 24.1 Å². The molecule has 0 aromatic carbocycles. The molecule has 1 aromatic rings. The maximum absolute atomic E-state index is 11.6. The molecule has 5 atom stereocenters. The van der Waals surface area contributed by atoms with Crippen LogP contribution in [-0.2, 0) is 9.53 Å². The van der Waals surface area contributed by atoms with Gasteiger partial charge in [-0.3, -0.25) is 4.79 Å². The monoisotopic (exact) mass is 477 g/mol. The van der Waals surface area contributed by atoms with E-state index >= 15 is 0 Å². The van der Waals surface area contributed by atoms with E-state index in [0.29, 0.717) is 30.1 Å². The van der Waals surface area contributed by atoms with E-state index in [4.69, 9.17) is 4.74 Å². The highest BCUT2D eigenvalue weighted by Crippen LogP contribution is 2.38. The van der Waals surface area contributed by atoms with Crippen LogP contribution in [0.5, 0.6) is 0 Å². The normalized spacial score (nSPS) is 17.6. The molecule has 0 aliphatic carbocycles. The maximum Gasteiger partial charge on any atom is 0.303 e. The number of allylic oxidation sites excluding steroid dienone is 1. The number of thiazole rings is 1. The lowest BCUT2D eigenvalue weighted by Gasteiger charge is -2.39. The van der Waals surface area contributed by atoms with Crippen LogP contribution < -0.4 is 0 Å². The Morgan fingerprint density at radius 1 is 1.18 bits per heavy atom. The van der Waals surface area contributed by atoms with E-state index in [9.17, 15) is 9.90 Å². The molecule has 0 amide bonds. The summed E-state index contributed by atoms with van der Waals surface area (Å²) in [4.78, 5) is 16.0. The Labute approximate surface area is 206 Å². The Morgan fingerprint density at radius 3 is 2.39 bits per heavy atom. The van der Waals surface area contributed by atoms with Gasteiger partial charge in [-0.2, -0.15) is 0 Å². The van der Waals surface area contributed by atoms with E-state index in [0.717, 1.165) is 29.1 Å². The van der Waals surface area contributed by atoms with E-state index in [2.05, 4.69) is 58.7 Å². The SMILES string of the molecule is CC(=O)OC(C/C=C\CCC[C@H](C)[C@H](C)[C@@H](C)[C@@H](C)C(C)(C)CO)/C(C)=C/c1csc(C)n1. The summed E-state index contributed by atoms with van der Waals surface area (Å²) in [6.07, 6.45) is 10.2. The molecule has 188 valence electrons. The zero-order valence-electron chi connectivity index (χ0n) is 22.4. The van der Waals surface area contributed by atoms with Crippen LogP contribution in [0.4, 0.5) is 0 Å². The number of aliphatic hydroxyl groups is 1. The van der Waals surface area contributed by atoms with Crippen LogP contribution in [0.2, 0.25) is 0 Å². The Bertz CT molecular complexity index is 780. The molecule has 0 aliphatic rings. The summed E-state index contributed by atoms with van der Waals surface area (Å²) in [5.41, 5.74) is 1.89. The average molecular weight is 478 g/mol. The average Bonchev–Trinajstić information content (AvgIpc) is 3.17. The number of hydrogen-bond donors (Lipinski definition) is 1. The van der Waals surface area contributed by atoms with Crippen molar-refractivity contribution >= 4 is 23.4 Å². The zero-order valence-corrected chi connectivity index (χ0v) is 23.2. The van der Waals surface area contributed by atoms with Crippen molar-refractivity contribution in [3.63, 3.8) is 0 Å². The van der Waals surface area contributed by atoms with Gasteiger partial charge in [0.1, 0.15) is 6.10 Å². The summed E-state index contributed by atoms with van der Waals surface area (Å²) in [6, 6.07) is 0. The third kappa shape index (κ3) is 10.1. The summed E-state index contributed by atoms with van der Waals surface area (Å²) in [6.45, 7) is 19.3. The molecule has 0 spiro atoms. The lowest BCUT2D eigenvalue weighted by Crippen LogP contribution is -2.34. The number of aromatic nitrogens is 1. The number of esters is 1. The van der Waals surface area contributed by atoms with Crippen molar-refractivity contribution in [1.29, 1.82) is 0 Å². The van der Waals surface area contributed by atoms with Crippen LogP contribution in [0.1, 0.15) is 91.8 Å². The van der Waals surface area contributed by atoms with Crippen molar-refractivity contribution in [2.24, 2.45) is 29.1 Å². The van der Waals surface area contributed by atoms with Crippen LogP contribution in [0.3, 0.4) is 0 Å². The Balaban J connectivity index is 2.53. The molecule has 5 heteroatoms. The number of nitrogens with zero attached hydrogens (tertiary/aromatic N) is 1. The summed E-state index contributed by atoms with van der Waals surface area (Å²) in [7, 11) is 0. The molecule has 0 saturated carbocycles. The van der Waals surface area contributed by atoms with Crippen molar-refractivity contribution in [2.75, 3.05) is 6.61 Å². The summed E-state index contributed by atoms with van der Waals surface area (Å²) in [5, 5.41) is 12.8. The predicted molar refractivity (Wildman–Crippen MR) is 141 cm³/mol. The number of unbranched alkanes of at least 4 members (excludes halogenated alkanes) is 1. The van der Waals surface area contributed by atoms with Gasteiger partial charge in [0.05, 0.1) is 10.7 Å². The van der Waals surface area contributed by atoms with Crippen molar-refractivity contribution in [2.45, 2.75) is 94.1 Å². The molecule has 0 aliphatic heterocycles. The molecule has 4 nitrogen and oxygen atoms in total. The molecular formula is C28H47NO3S. The Morgan fingerprint density at radius 2 is 1.85 bits per heavy atom. The second kappa shape index (κ2) is 14.1. The first-order valence-electron chi connectivity index (χ1n) is 12.4. The van der Waals surface area contributed by atoms with Crippen molar-refractivity contribution < 1.29 is 14.6 Å². The molecule has 1 rings (SSSR count). The van der Waals surface area contributed by atoms with E-state index in [1.807, 2.05) is 25.3 Å². The fourth-order valence-electron chi connectivity index (χ4n) is 4.29. The smallest absolute Gasteiger partial charge is 0.303 e. The number of carbonyl (C=O) groups excluding carboxylic acids is 1. The van der Waals surface area contributed by atoms with Crippen LogP contribution in [0.25, 0.3) is 6.08 Å². The van der Waals surface area contributed by atoms with Crippen LogP contribution >= 0.6 is 11.3 Å². The predicted octanol–water partition coefficient (Wildman–Crippen LogP) is 7.47. The highest BCUT2D eigenvalue weighted by atomic mass is 32.1. The first-order chi connectivity index (χ1) is 15.4. The fourth-order valence-corrected chi connectivity index (χ4v) is 4.86. The molecular weight excluding hydrogens is 430 g/mol. The number of aliphatic hydroxyl groups excluding tert-OH is 1. The van der Waals surface area contributed by atoms with Crippen molar-refractivity contribution in [3.05, 3.63) is 33.8 Å². The molecule has 0 saturated heterocycles. The molecule has 1 unspecified atom stereocenters. The van der Waals surface area contributed by atoms with Gasteiger partial charge >= 0.3 is 5.97 Å². The summed E-state index contributed by atoms with van der Waals surface area (Å²) < 4.78 is 5.55. The van der Waals surface area contributed by atoms with E-state index < -0.39 is 0 Å². The first kappa shape index (κ1) is 29.6. The van der Waals surface area contributed by atoms with Crippen LogP contribution in [0.15, 0.2) is 23.1 Å². The fraction of sp³-hybridized carbons (Fsp3) is 0.714. The van der Waals surface area contributed by atoms with E-state index in [1.165, 1.54) is 13.3 Å². The largest absolute Gasteiger partial charge is 0.458 e. The van der Waals surface area contributed by atoms with Gasteiger partial charge < -0.3 is 9.84 Å². The van der Waals surface area contributed by atoms with E-state index in [1.54, 1.807) is 11.3 Å². The quantitative estimate of drug-likeness (QED) is 0.171. The lowest BCUT2D eigenvalue weighted by atomic mass is 9.67. The Kier molecular flexibility index (Phi) is 12.6. The molecule has 0 fully saturated rings. The second-order valence-electron chi connectivity index (χ2n) is 10.5. The van der Waals surface area contributed by atoms with Crippen molar-refractivity contribution in [1.82, 2.24) is 4.98 Å². The van der Waals surface area contributed by atoms with Gasteiger partial charge in [-0.25, -0.2) is 4.98 Å². The minimum atomic E-state index is -0.258. The third-order valence-electron chi connectivity index (χ3n) is 7.53. The highest BCUT2D eigenvalue weighted by molar-refractivity contribution is 7.09. The van der Waals surface area contributed by atoms with Gasteiger partial charge in [0, 0.05) is 25.3 Å². The van der Waals surface area contributed by atoms with Gasteiger partial charge in [0.25, 0.3) is 0 Å². The van der Waals surface area contributed by atoms with Gasteiger partial charge in [0.15, 0.2) is 0 Å². The van der Waals surface area contributed by atoms with Crippen LogP contribution in [-0.4, -0.2) is 28.8 Å². The number of ether oxygens (including phenoxy) is 1. The first-order valence-corrected chi connectivity index (χ1v) is 13.3. The standard InChI is InChI=1S/C28H47NO3S/c1-19(21(3)22(4)23(5)28(8,9)18-30)14-12-10-11-13-15-27(32-25(7)31)20(2)16-26-17-33-24(6)29-26/h11,13,16-17,19,21-23,27,30H,10,12,14-15,18H2,1-9H3/b13-11-,20-16+/t19-,21-,22+,23+,27?/m0/s1. The number of aryl methyl sites for hydroxylation is 1. The van der Waals surface area contributed by atoms with Crippen molar-refractivity contribution in [3.8, 4) is 0 Å². The van der Waals surface area contributed by atoms with Gasteiger partial charge in [-0.05, 0) is 67.4 Å². The van der Waals surface area contributed by atoms with Gasteiger partial charge in [0.2, 0.25) is 0 Å². The summed E-state index contributed by atoms with van der Waals surface area (Å²) >= 11 is 1.62. The molecule has 0 bridgehead atoms. The van der Waals surface area contributed by atoms with Gasteiger partial charge in [-0.1, -0.05) is 60.1 Å². The summed E-state index contributed by atoms with van der Waals surface area (Å²) in [5.74, 6) is 2.04. The zero-order chi connectivity index (χ0) is 25.2. The lowest BCUT2D eigenvalue weighted by molar-refractivity contribution is -0.144. The topological polar surface area (TPSA) is 59.4 Å². The molecule has 1 N–H and O–H groups in total. The third-order valence-corrected chi connectivity index (χ3v) is 8.32. The number of hydrogen-bond acceptors (Lipinski definition) is 5. The minimum Gasteiger partial charge on any atom is -0.458 e.